The second kappa shape index (κ2) is 5.12. The van der Waals surface area contributed by atoms with Crippen LogP contribution < -0.4 is 5.73 Å². The van der Waals surface area contributed by atoms with Crippen molar-refractivity contribution in [2.45, 2.75) is 31.2 Å². The van der Waals surface area contributed by atoms with Crippen LogP contribution in [-0.4, -0.2) is 24.5 Å². The number of aliphatic imine (C=N–C) groups is 1. The van der Waals surface area contributed by atoms with Crippen molar-refractivity contribution >= 4 is 5.96 Å². The molecule has 118 valence electrons. The summed E-state index contributed by atoms with van der Waals surface area (Å²) in [6, 6.07) is 17.7. The first kappa shape index (κ1) is 14.3. The Morgan fingerprint density at radius 1 is 1.09 bits per heavy atom. The van der Waals surface area contributed by atoms with Crippen molar-refractivity contribution in [2.24, 2.45) is 10.7 Å². The lowest BCUT2D eigenvalue weighted by molar-refractivity contribution is 0.409. The van der Waals surface area contributed by atoms with Crippen molar-refractivity contribution in [2.75, 3.05) is 13.6 Å². The number of likely N-dealkylation sites (N-methyl/N-ethyl adjacent to an activating group) is 1. The first-order valence-corrected chi connectivity index (χ1v) is 8.32. The molecule has 0 bridgehead atoms. The number of benzene rings is 2. The maximum absolute atomic E-state index is 5.98. The summed E-state index contributed by atoms with van der Waals surface area (Å²) in [7, 11) is 1.99. The maximum Gasteiger partial charge on any atom is 0.192 e. The van der Waals surface area contributed by atoms with E-state index in [0.717, 1.165) is 12.5 Å². The molecule has 0 amide bonds. The van der Waals surface area contributed by atoms with E-state index in [1.54, 1.807) is 0 Å². The molecule has 0 spiro atoms. The average molecular weight is 305 g/mol. The number of hydrogen-bond donors (Lipinski definition) is 1. The summed E-state index contributed by atoms with van der Waals surface area (Å²) in [5, 5.41) is 0. The lowest BCUT2D eigenvalue weighted by atomic mass is 9.90. The summed E-state index contributed by atoms with van der Waals surface area (Å²) < 4.78 is 0. The van der Waals surface area contributed by atoms with Gasteiger partial charge >= 0.3 is 0 Å². The standard InChI is InChI=1S/C20H23N3/c1-20(13-23(2)19(21)22-20)18-8-4-7-17(12-18)16-6-3-5-15(11-16)14-9-10-14/h3-8,11-12,14H,9-10,13H2,1-2H3,(H2,21,22). The number of nitrogens with zero attached hydrogens (tertiary/aromatic N) is 2. The third kappa shape index (κ3) is 2.61. The van der Waals surface area contributed by atoms with E-state index in [4.69, 9.17) is 5.73 Å². The zero-order valence-corrected chi connectivity index (χ0v) is 13.8. The van der Waals surface area contributed by atoms with E-state index in [9.17, 15) is 0 Å². The van der Waals surface area contributed by atoms with Crippen molar-refractivity contribution in [3.63, 3.8) is 0 Å². The summed E-state index contributed by atoms with van der Waals surface area (Å²) >= 11 is 0. The van der Waals surface area contributed by atoms with Gasteiger partial charge in [0.25, 0.3) is 0 Å². The normalized spacial score (nSPS) is 23.9. The fraction of sp³-hybridized carbons (Fsp3) is 0.350. The minimum absolute atomic E-state index is 0.261. The van der Waals surface area contributed by atoms with Crippen LogP contribution in [0.15, 0.2) is 53.5 Å². The summed E-state index contributed by atoms with van der Waals surface area (Å²) in [6.07, 6.45) is 2.67. The molecule has 3 heteroatoms. The van der Waals surface area contributed by atoms with Gasteiger partial charge in [-0.25, -0.2) is 4.99 Å². The quantitative estimate of drug-likeness (QED) is 0.939. The van der Waals surface area contributed by atoms with E-state index in [-0.39, 0.29) is 5.54 Å². The third-order valence-corrected chi connectivity index (χ3v) is 5.05. The predicted molar refractivity (Wildman–Crippen MR) is 95.5 cm³/mol. The van der Waals surface area contributed by atoms with Gasteiger partial charge in [0.2, 0.25) is 0 Å². The second-order valence-electron chi connectivity index (χ2n) is 7.08. The molecule has 2 aliphatic rings. The molecule has 0 aromatic heterocycles. The van der Waals surface area contributed by atoms with E-state index in [1.807, 2.05) is 11.9 Å². The Balaban J connectivity index is 1.71. The van der Waals surface area contributed by atoms with Crippen LogP contribution in [0.1, 0.15) is 36.8 Å². The molecule has 1 heterocycles. The van der Waals surface area contributed by atoms with Crippen molar-refractivity contribution in [1.82, 2.24) is 4.90 Å². The predicted octanol–water partition coefficient (Wildman–Crippen LogP) is 3.71. The minimum Gasteiger partial charge on any atom is -0.370 e. The van der Waals surface area contributed by atoms with Crippen molar-refractivity contribution in [3.8, 4) is 11.1 Å². The van der Waals surface area contributed by atoms with Gasteiger partial charge in [-0.3, -0.25) is 0 Å². The molecule has 1 aliphatic heterocycles. The molecule has 4 rings (SSSR count). The van der Waals surface area contributed by atoms with Crippen LogP contribution in [-0.2, 0) is 5.54 Å². The van der Waals surface area contributed by atoms with E-state index in [1.165, 1.54) is 35.1 Å². The molecule has 0 radical (unpaired) electrons. The van der Waals surface area contributed by atoms with Gasteiger partial charge < -0.3 is 10.6 Å². The fourth-order valence-corrected chi connectivity index (χ4v) is 3.49. The zero-order valence-electron chi connectivity index (χ0n) is 13.8. The Bertz CT molecular complexity index is 776. The van der Waals surface area contributed by atoms with Crippen molar-refractivity contribution in [1.29, 1.82) is 0 Å². The third-order valence-electron chi connectivity index (χ3n) is 5.05. The molecule has 1 saturated carbocycles. The highest BCUT2D eigenvalue weighted by Gasteiger charge is 2.34. The van der Waals surface area contributed by atoms with E-state index in [2.05, 4.69) is 60.4 Å². The Morgan fingerprint density at radius 2 is 1.78 bits per heavy atom. The van der Waals surface area contributed by atoms with Crippen LogP contribution in [0.3, 0.4) is 0 Å². The number of rotatable bonds is 3. The summed E-state index contributed by atoms with van der Waals surface area (Å²) in [5.41, 5.74) is 11.0. The van der Waals surface area contributed by atoms with Crippen LogP contribution in [0.4, 0.5) is 0 Å². The highest BCUT2D eigenvalue weighted by atomic mass is 15.3. The highest BCUT2D eigenvalue weighted by Crippen LogP contribution is 2.41. The molecule has 2 N–H and O–H groups in total. The van der Waals surface area contributed by atoms with Crippen LogP contribution in [0.25, 0.3) is 11.1 Å². The summed E-state index contributed by atoms with van der Waals surface area (Å²) in [4.78, 5) is 6.70. The molecule has 2 aromatic carbocycles. The molecular formula is C20H23N3. The number of hydrogen-bond acceptors (Lipinski definition) is 3. The maximum atomic E-state index is 5.98. The zero-order chi connectivity index (χ0) is 16.0. The number of nitrogens with two attached hydrogens (primary N) is 1. The van der Waals surface area contributed by atoms with Crippen LogP contribution in [0.5, 0.6) is 0 Å². The van der Waals surface area contributed by atoms with Gasteiger partial charge in [-0.2, -0.15) is 0 Å². The number of guanidine groups is 1. The van der Waals surface area contributed by atoms with Crippen molar-refractivity contribution in [3.05, 3.63) is 59.7 Å². The summed E-state index contributed by atoms with van der Waals surface area (Å²) in [6.45, 7) is 2.98. The highest BCUT2D eigenvalue weighted by molar-refractivity contribution is 5.80. The average Bonchev–Trinajstić information content (AvgIpc) is 3.36. The van der Waals surface area contributed by atoms with Gasteiger partial charge in [-0.1, -0.05) is 42.5 Å². The molecule has 0 saturated heterocycles. The Hall–Kier alpha value is -2.29. The van der Waals surface area contributed by atoms with Gasteiger partial charge in [0, 0.05) is 13.6 Å². The smallest absolute Gasteiger partial charge is 0.192 e. The first-order chi connectivity index (χ1) is 11.0. The molecule has 1 fully saturated rings. The van der Waals surface area contributed by atoms with Gasteiger partial charge in [0.1, 0.15) is 5.54 Å². The van der Waals surface area contributed by atoms with E-state index < -0.39 is 0 Å². The van der Waals surface area contributed by atoms with Gasteiger partial charge in [0.15, 0.2) is 5.96 Å². The largest absolute Gasteiger partial charge is 0.370 e. The van der Waals surface area contributed by atoms with Gasteiger partial charge in [0.05, 0.1) is 0 Å². The molecule has 1 aliphatic carbocycles. The lowest BCUT2D eigenvalue weighted by Crippen LogP contribution is -2.32. The molecular weight excluding hydrogens is 282 g/mol. The fourth-order valence-electron chi connectivity index (χ4n) is 3.49. The van der Waals surface area contributed by atoms with Gasteiger partial charge in [-0.05, 0) is 54.0 Å². The first-order valence-electron chi connectivity index (χ1n) is 8.32. The molecule has 1 atom stereocenters. The van der Waals surface area contributed by atoms with Crippen molar-refractivity contribution < 1.29 is 0 Å². The molecule has 23 heavy (non-hydrogen) atoms. The van der Waals surface area contributed by atoms with Crippen LogP contribution in [0, 0.1) is 0 Å². The Kier molecular flexibility index (Phi) is 3.19. The minimum atomic E-state index is -0.261. The van der Waals surface area contributed by atoms with Crippen LogP contribution in [0.2, 0.25) is 0 Å². The lowest BCUT2D eigenvalue weighted by Gasteiger charge is -2.23. The second-order valence-corrected chi connectivity index (χ2v) is 7.08. The van der Waals surface area contributed by atoms with Gasteiger partial charge in [-0.15, -0.1) is 0 Å². The molecule has 1 unspecified atom stereocenters. The SMILES string of the molecule is CN1CC(C)(c2cccc(-c3cccc(C4CC4)c3)c2)N=C1N. The molecule has 3 nitrogen and oxygen atoms in total. The molecule has 2 aromatic rings. The topological polar surface area (TPSA) is 41.6 Å². The summed E-state index contributed by atoms with van der Waals surface area (Å²) in [5.74, 6) is 1.40. The van der Waals surface area contributed by atoms with Crippen LogP contribution >= 0.6 is 0 Å². The monoisotopic (exact) mass is 305 g/mol. The van der Waals surface area contributed by atoms with E-state index >= 15 is 0 Å². The Morgan fingerprint density at radius 3 is 2.43 bits per heavy atom. The Labute approximate surface area is 137 Å². The van der Waals surface area contributed by atoms with E-state index in [0.29, 0.717) is 5.96 Å².